The Morgan fingerprint density at radius 2 is 1.90 bits per heavy atom. The minimum Gasteiger partial charge on any atom is -0.497 e. The summed E-state index contributed by atoms with van der Waals surface area (Å²) in [5.74, 6) is 0.877. The topological polar surface area (TPSA) is 45.0 Å². The lowest BCUT2D eigenvalue weighted by Gasteiger charge is -2.32. The van der Waals surface area contributed by atoms with E-state index in [0.717, 1.165) is 18.6 Å². The highest BCUT2D eigenvalue weighted by molar-refractivity contribution is 5.27. The Bertz CT molecular complexity index is 471. The largest absolute Gasteiger partial charge is 0.497 e. The lowest BCUT2D eigenvalue weighted by atomic mass is 9.89. The van der Waals surface area contributed by atoms with Crippen LogP contribution in [0.5, 0.6) is 5.75 Å². The van der Waals surface area contributed by atoms with Gasteiger partial charge in [0.05, 0.1) is 13.2 Å². The molecule has 3 heteroatoms. The summed E-state index contributed by atoms with van der Waals surface area (Å²) in [6, 6.07) is 11.1. The van der Waals surface area contributed by atoms with Crippen LogP contribution in [0.1, 0.15) is 51.0 Å². The summed E-state index contributed by atoms with van der Waals surface area (Å²) in [5, 5.41) is 13.1. The van der Waals surface area contributed by atoms with E-state index in [1.165, 1.54) is 37.7 Å². The molecule has 0 amide bonds. The van der Waals surface area contributed by atoms with Crippen molar-refractivity contribution < 1.29 is 4.74 Å². The van der Waals surface area contributed by atoms with Gasteiger partial charge in [0.1, 0.15) is 11.3 Å². The Morgan fingerprint density at radius 3 is 2.48 bits per heavy atom. The number of rotatable bonds is 6. The second kappa shape index (κ2) is 7.47. The van der Waals surface area contributed by atoms with Crippen LogP contribution in [0.25, 0.3) is 0 Å². The normalized spacial score (nSPS) is 18.7. The minimum atomic E-state index is -0.429. The molecule has 1 aromatic carbocycles. The Balaban J connectivity index is 1.89. The summed E-state index contributed by atoms with van der Waals surface area (Å²) in [7, 11) is 1.68. The van der Waals surface area contributed by atoms with E-state index in [1.54, 1.807) is 7.11 Å². The number of ether oxygens (including phenoxy) is 1. The molecule has 1 atom stereocenters. The number of nitriles is 1. The van der Waals surface area contributed by atoms with Crippen LogP contribution in [0.15, 0.2) is 24.3 Å². The lowest BCUT2D eigenvalue weighted by molar-refractivity contribution is 0.296. The number of hydrogen-bond donors (Lipinski definition) is 1. The van der Waals surface area contributed by atoms with Crippen molar-refractivity contribution in [2.45, 2.75) is 63.5 Å². The molecule has 114 valence electrons. The second-order valence-corrected chi connectivity index (χ2v) is 6.27. The van der Waals surface area contributed by atoms with Gasteiger partial charge in [-0.3, -0.25) is 5.32 Å². The molecule has 0 aliphatic heterocycles. The predicted octanol–water partition coefficient (Wildman–Crippen LogP) is 3.83. The van der Waals surface area contributed by atoms with Crippen molar-refractivity contribution in [3.63, 3.8) is 0 Å². The van der Waals surface area contributed by atoms with Gasteiger partial charge in [0.2, 0.25) is 0 Å². The van der Waals surface area contributed by atoms with Crippen LogP contribution in [-0.4, -0.2) is 18.7 Å². The third-order valence-electron chi connectivity index (χ3n) is 4.45. The monoisotopic (exact) mass is 286 g/mol. The first kappa shape index (κ1) is 15.9. The van der Waals surface area contributed by atoms with Crippen LogP contribution >= 0.6 is 0 Å². The van der Waals surface area contributed by atoms with Gasteiger partial charge in [0, 0.05) is 6.04 Å². The molecule has 1 aromatic rings. The summed E-state index contributed by atoms with van der Waals surface area (Å²) in [5.41, 5.74) is 0.824. The SMILES string of the molecule is COc1ccc(CCC(C)(C#N)NC2CCCCC2)cc1. The molecular formula is C18H26N2O. The molecule has 0 bridgehead atoms. The number of aryl methyl sites for hydroxylation is 1. The van der Waals surface area contributed by atoms with Crippen LogP contribution in [0.3, 0.4) is 0 Å². The standard InChI is InChI=1S/C18H26N2O/c1-18(14-19,20-16-6-4-3-5-7-16)13-12-15-8-10-17(21-2)11-9-15/h8-11,16,20H,3-7,12-13H2,1-2H3. The molecule has 3 nitrogen and oxygen atoms in total. The zero-order valence-electron chi connectivity index (χ0n) is 13.2. The number of nitrogens with zero attached hydrogens (tertiary/aromatic N) is 1. The Morgan fingerprint density at radius 1 is 1.24 bits per heavy atom. The maximum atomic E-state index is 9.54. The highest BCUT2D eigenvalue weighted by atomic mass is 16.5. The molecule has 0 saturated heterocycles. The van der Waals surface area contributed by atoms with Gasteiger partial charge in [0.15, 0.2) is 0 Å². The van der Waals surface area contributed by atoms with Crippen LogP contribution in [0, 0.1) is 11.3 Å². The van der Waals surface area contributed by atoms with E-state index in [9.17, 15) is 5.26 Å². The van der Waals surface area contributed by atoms with E-state index in [0.29, 0.717) is 6.04 Å². The molecule has 1 aliphatic rings. The van der Waals surface area contributed by atoms with Crippen LogP contribution in [0.2, 0.25) is 0 Å². The first-order valence-electron chi connectivity index (χ1n) is 7.97. The number of hydrogen-bond acceptors (Lipinski definition) is 3. The van der Waals surface area contributed by atoms with Gasteiger partial charge in [-0.15, -0.1) is 0 Å². The molecule has 1 saturated carbocycles. The third kappa shape index (κ3) is 4.75. The highest BCUT2D eigenvalue weighted by Gasteiger charge is 2.27. The fourth-order valence-electron chi connectivity index (χ4n) is 3.04. The lowest BCUT2D eigenvalue weighted by Crippen LogP contribution is -2.48. The van der Waals surface area contributed by atoms with Crippen molar-refractivity contribution >= 4 is 0 Å². The quantitative estimate of drug-likeness (QED) is 0.864. The van der Waals surface area contributed by atoms with Crippen molar-refractivity contribution in [2.75, 3.05) is 7.11 Å². The summed E-state index contributed by atoms with van der Waals surface area (Å²) in [6.45, 7) is 2.03. The first-order chi connectivity index (χ1) is 10.1. The minimum absolute atomic E-state index is 0.429. The zero-order valence-corrected chi connectivity index (χ0v) is 13.2. The Labute approximate surface area is 128 Å². The molecule has 1 aliphatic carbocycles. The molecule has 2 rings (SSSR count). The van der Waals surface area contributed by atoms with Crippen molar-refractivity contribution in [1.29, 1.82) is 5.26 Å². The van der Waals surface area contributed by atoms with Gasteiger partial charge >= 0.3 is 0 Å². The Kier molecular flexibility index (Phi) is 5.64. The highest BCUT2D eigenvalue weighted by Crippen LogP contribution is 2.22. The van der Waals surface area contributed by atoms with Crippen LogP contribution in [0.4, 0.5) is 0 Å². The number of nitrogens with one attached hydrogen (secondary N) is 1. The van der Waals surface area contributed by atoms with Gasteiger partial charge in [-0.2, -0.15) is 5.26 Å². The van der Waals surface area contributed by atoms with Crippen molar-refractivity contribution in [1.82, 2.24) is 5.32 Å². The van der Waals surface area contributed by atoms with E-state index < -0.39 is 5.54 Å². The van der Waals surface area contributed by atoms with Gasteiger partial charge in [0.25, 0.3) is 0 Å². The molecule has 0 spiro atoms. The maximum absolute atomic E-state index is 9.54. The molecular weight excluding hydrogens is 260 g/mol. The van der Waals surface area contributed by atoms with E-state index >= 15 is 0 Å². The average Bonchev–Trinajstić information content (AvgIpc) is 2.54. The fraction of sp³-hybridized carbons (Fsp3) is 0.611. The smallest absolute Gasteiger partial charge is 0.118 e. The van der Waals surface area contributed by atoms with Crippen LogP contribution < -0.4 is 10.1 Å². The van der Waals surface area contributed by atoms with Gasteiger partial charge in [-0.05, 0) is 50.3 Å². The van der Waals surface area contributed by atoms with E-state index in [2.05, 4.69) is 23.5 Å². The third-order valence-corrected chi connectivity index (χ3v) is 4.45. The number of benzene rings is 1. The van der Waals surface area contributed by atoms with Crippen molar-refractivity contribution in [3.05, 3.63) is 29.8 Å². The van der Waals surface area contributed by atoms with E-state index in [4.69, 9.17) is 4.74 Å². The summed E-state index contributed by atoms with van der Waals surface area (Å²) < 4.78 is 5.17. The zero-order chi connectivity index (χ0) is 15.1. The molecule has 1 N–H and O–H groups in total. The summed E-state index contributed by atoms with van der Waals surface area (Å²) in [6.07, 6.45) is 8.09. The van der Waals surface area contributed by atoms with Crippen molar-refractivity contribution in [3.8, 4) is 11.8 Å². The molecule has 1 unspecified atom stereocenters. The molecule has 21 heavy (non-hydrogen) atoms. The number of methoxy groups -OCH3 is 1. The maximum Gasteiger partial charge on any atom is 0.118 e. The molecule has 1 fully saturated rings. The molecule has 0 radical (unpaired) electrons. The van der Waals surface area contributed by atoms with Crippen LogP contribution in [-0.2, 0) is 6.42 Å². The summed E-state index contributed by atoms with van der Waals surface area (Å²) in [4.78, 5) is 0. The van der Waals surface area contributed by atoms with Gasteiger partial charge in [-0.25, -0.2) is 0 Å². The Hall–Kier alpha value is -1.53. The average molecular weight is 286 g/mol. The van der Waals surface area contributed by atoms with Gasteiger partial charge < -0.3 is 4.74 Å². The fourth-order valence-corrected chi connectivity index (χ4v) is 3.04. The van der Waals surface area contributed by atoms with E-state index in [1.807, 2.05) is 19.1 Å². The van der Waals surface area contributed by atoms with Crippen molar-refractivity contribution in [2.24, 2.45) is 0 Å². The van der Waals surface area contributed by atoms with E-state index in [-0.39, 0.29) is 0 Å². The summed E-state index contributed by atoms with van der Waals surface area (Å²) >= 11 is 0. The first-order valence-corrected chi connectivity index (χ1v) is 7.97. The predicted molar refractivity (Wildman–Crippen MR) is 85.3 cm³/mol. The molecule has 0 heterocycles. The second-order valence-electron chi connectivity index (χ2n) is 6.27. The van der Waals surface area contributed by atoms with Gasteiger partial charge in [-0.1, -0.05) is 31.4 Å². The molecule has 0 aromatic heterocycles.